The maximum Gasteiger partial charge on any atom is 0.461 e. The van der Waals surface area contributed by atoms with Crippen LogP contribution in [0.3, 0.4) is 0 Å². The van der Waals surface area contributed by atoms with Gasteiger partial charge in [0.2, 0.25) is 0 Å². The van der Waals surface area contributed by atoms with Gasteiger partial charge in [0.1, 0.15) is 5.82 Å². The molecule has 0 radical (unpaired) electrons. The Morgan fingerprint density at radius 3 is 2.30 bits per heavy atom. The fourth-order valence-corrected chi connectivity index (χ4v) is 5.62. The average molecular weight is 470 g/mol. The van der Waals surface area contributed by atoms with Crippen molar-refractivity contribution in [3.8, 4) is 16.9 Å². The molecule has 2 saturated carbocycles. The summed E-state index contributed by atoms with van der Waals surface area (Å²) in [7, 11) is 0. The van der Waals surface area contributed by atoms with Crippen molar-refractivity contribution >= 4 is 0 Å². The van der Waals surface area contributed by atoms with Gasteiger partial charge in [0.05, 0.1) is 0 Å². The lowest BCUT2D eigenvalue weighted by Crippen LogP contribution is -2.33. The van der Waals surface area contributed by atoms with Gasteiger partial charge in [-0.2, -0.15) is 17.6 Å². The molecule has 0 aromatic heterocycles. The highest BCUT2D eigenvalue weighted by Gasteiger charge is 2.44. The van der Waals surface area contributed by atoms with Gasteiger partial charge in [0.15, 0.2) is 11.6 Å². The van der Waals surface area contributed by atoms with Crippen molar-refractivity contribution in [1.82, 2.24) is 0 Å². The lowest BCUT2D eigenvalue weighted by atomic mass is 9.63. The zero-order chi connectivity index (χ0) is 23.8. The number of hydrogen-bond acceptors (Lipinski definition) is 1. The van der Waals surface area contributed by atoms with Gasteiger partial charge in [0.25, 0.3) is 0 Å². The second-order valence-electron chi connectivity index (χ2n) is 9.47. The number of hydrogen-bond donors (Lipinski definition) is 0. The summed E-state index contributed by atoms with van der Waals surface area (Å²) in [5.41, 5.74) is 1.15. The number of rotatable bonds is 6. The van der Waals surface area contributed by atoms with Crippen molar-refractivity contribution in [3.63, 3.8) is 0 Å². The molecule has 0 aliphatic heterocycles. The minimum absolute atomic E-state index is 0.113. The molecule has 180 valence electrons. The molecule has 2 aromatic rings. The Morgan fingerprint density at radius 2 is 1.64 bits per heavy atom. The molecule has 33 heavy (non-hydrogen) atoms. The summed E-state index contributed by atoms with van der Waals surface area (Å²) in [4.78, 5) is 0. The van der Waals surface area contributed by atoms with Crippen LogP contribution in [-0.4, -0.2) is 12.5 Å². The molecule has 2 aliphatic rings. The Labute approximate surface area is 190 Å². The number of fused-ring (bicyclic) bond motifs is 1. The van der Waals surface area contributed by atoms with Gasteiger partial charge < -0.3 is 4.74 Å². The fourth-order valence-electron chi connectivity index (χ4n) is 5.62. The third-order valence-corrected chi connectivity index (χ3v) is 7.51. The molecule has 0 saturated heterocycles. The summed E-state index contributed by atoms with van der Waals surface area (Å²) in [6, 6.07) is 7.68. The lowest BCUT2D eigenvalue weighted by Gasteiger charge is -2.42. The van der Waals surface area contributed by atoms with Crippen LogP contribution in [0.5, 0.6) is 5.75 Å². The second-order valence-corrected chi connectivity index (χ2v) is 9.47. The van der Waals surface area contributed by atoms with E-state index in [0.29, 0.717) is 5.92 Å². The van der Waals surface area contributed by atoms with Crippen LogP contribution in [0.1, 0.15) is 63.4 Å². The first-order valence-electron chi connectivity index (χ1n) is 11.6. The largest absolute Gasteiger partial charge is 0.461 e. The van der Waals surface area contributed by atoms with Crippen molar-refractivity contribution in [2.75, 3.05) is 0 Å². The highest BCUT2D eigenvalue weighted by molar-refractivity contribution is 5.65. The first kappa shape index (κ1) is 24.0. The molecule has 0 bridgehead atoms. The van der Waals surface area contributed by atoms with E-state index in [-0.39, 0.29) is 17.0 Å². The molecule has 2 fully saturated rings. The van der Waals surface area contributed by atoms with E-state index in [2.05, 4.69) is 11.7 Å². The molecule has 1 unspecified atom stereocenters. The predicted molar refractivity (Wildman–Crippen MR) is 115 cm³/mol. The minimum Gasteiger partial charge on any atom is -0.425 e. The fraction of sp³-hybridized carbons (Fsp3) is 0.538. The Morgan fingerprint density at radius 1 is 0.909 bits per heavy atom. The maximum atomic E-state index is 15.0. The number of ether oxygens (including phenoxy) is 1. The van der Waals surface area contributed by atoms with Gasteiger partial charge in [-0.15, -0.1) is 0 Å². The summed E-state index contributed by atoms with van der Waals surface area (Å²) in [5.74, 6) is -0.244. The van der Waals surface area contributed by atoms with Gasteiger partial charge >= 0.3 is 12.5 Å². The normalized spacial score (nSPS) is 25.7. The van der Waals surface area contributed by atoms with Crippen molar-refractivity contribution in [2.45, 2.75) is 70.3 Å². The van der Waals surface area contributed by atoms with Gasteiger partial charge in [-0.05, 0) is 85.1 Å². The van der Waals surface area contributed by atoms with Crippen molar-refractivity contribution in [1.29, 1.82) is 0 Å². The van der Waals surface area contributed by atoms with Gasteiger partial charge in [-0.25, -0.2) is 8.78 Å². The zero-order valence-corrected chi connectivity index (χ0v) is 18.5. The first-order valence-corrected chi connectivity index (χ1v) is 11.6. The van der Waals surface area contributed by atoms with Gasteiger partial charge in [-0.1, -0.05) is 38.0 Å². The lowest BCUT2D eigenvalue weighted by molar-refractivity contribution is -0.254. The molecule has 0 spiro atoms. The summed E-state index contributed by atoms with van der Waals surface area (Å²) >= 11 is 0. The van der Waals surface area contributed by atoms with E-state index in [0.717, 1.165) is 48.8 Å². The topological polar surface area (TPSA) is 9.23 Å². The van der Waals surface area contributed by atoms with Gasteiger partial charge in [0, 0.05) is 5.56 Å². The highest BCUT2D eigenvalue weighted by Crippen LogP contribution is 2.48. The third-order valence-electron chi connectivity index (χ3n) is 7.51. The second kappa shape index (κ2) is 9.59. The van der Waals surface area contributed by atoms with Crippen LogP contribution in [-0.2, 0) is 0 Å². The van der Waals surface area contributed by atoms with Crippen LogP contribution >= 0.6 is 0 Å². The van der Waals surface area contributed by atoms with E-state index < -0.39 is 29.9 Å². The Hall–Kier alpha value is -2.18. The molecule has 0 heterocycles. The molecular formula is C26H28F6O. The quantitative estimate of drug-likeness (QED) is 0.384. The van der Waals surface area contributed by atoms with E-state index in [1.165, 1.54) is 37.8 Å². The number of halogens is 6. The Balaban J connectivity index is 1.48. The summed E-state index contributed by atoms with van der Waals surface area (Å²) < 4.78 is 83.7. The number of benzene rings is 2. The van der Waals surface area contributed by atoms with Crippen LogP contribution in [0.2, 0.25) is 0 Å². The maximum absolute atomic E-state index is 15.0. The Kier molecular flexibility index (Phi) is 6.96. The van der Waals surface area contributed by atoms with E-state index in [1.807, 2.05) is 6.07 Å². The summed E-state index contributed by atoms with van der Waals surface area (Å²) in [6.45, 7) is 2.26. The first-order chi connectivity index (χ1) is 15.7. The van der Waals surface area contributed by atoms with Crippen LogP contribution in [0.25, 0.3) is 11.1 Å². The SMILES string of the molecule is CCC1CC[C@@H]2C[C@H](c3ccc(-c4ccc(OC(F)(F)C(F)F)c(F)c4)c(F)c3)CC[C@@H]2C1. The molecule has 1 nitrogen and oxygen atoms in total. The molecule has 4 rings (SSSR count). The standard InChI is InChI=1S/C26H28F6O/c1-2-15-3-4-17-12-18(6-5-16(17)11-15)19-7-9-21(22(27)13-19)20-8-10-24(23(28)14-20)33-26(31,32)25(29)30/h7-10,13-18,25H,2-6,11-12H2,1H3/t15?,16-,17-,18-/m1/s1. The highest BCUT2D eigenvalue weighted by atomic mass is 19.3. The van der Waals surface area contributed by atoms with E-state index >= 15 is 0 Å². The van der Waals surface area contributed by atoms with Crippen molar-refractivity contribution in [2.24, 2.45) is 17.8 Å². The third kappa shape index (κ3) is 5.17. The van der Waals surface area contributed by atoms with Crippen LogP contribution < -0.4 is 4.74 Å². The minimum atomic E-state index is -4.82. The summed E-state index contributed by atoms with van der Waals surface area (Å²) in [6.07, 6.45) is -0.635. The molecule has 0 N–H and O–H groups in total. The monoisotopic (exact) mass is 470 g/mol. The molecule has 0 amide bonds. The van der Waals surface area contributed by atoms with Crippen molar-refractivity contribution < 1.29 is 31.1 Å². The van der Waals surface area contributed by atoms with Crippen LogP contribution in [0, 0.1) is 29.4 Å². The van der Waals surface area contributed by atoms with Crippen molar-refractivity contribution in [3.05, 3.63) is 53.6 Å². The van der Waals surface area contributed by atoms with Crippen LogP contribution in [0.15, 0.2) is 36.4 Å². The van der Waals surface area contributed by atoms with Gasteiger partial charge in [-0.3, -0.25) is 0 Å². The van der Waals surface area contributed by atoms with Crippen LogP contribution in [0.4, 0.5) is 26.3 Å². The summed E-state index contributed by atoms with van der Waals surface area (Å²) in [5, 5.41) is 0. The molecular weight excluding hydrogens is 442 g/mol. The predicted octanol–water partition coefficient (Wildman–Crippen LogP) is 8.58. The molecule has 2 aliphatic carbocycles. The smallest absolute Gasteiger partial charge is 0.425 e. The van der Waals surface area contributed by atoms with E-state index in [4.69, 9.17) is 0 Å². The molecule has 2 aromatic carbocycles. The molecule has 7 heteroatoms. The zero-order valence-electron chi connectivity index (χ0n) is 18.5. The number of alkyl halides is 4. The van der Waals surface area contributed by atoms with E-state index in [1.54, 1.807) is 6.07 Å². The average Bonchev–Trinajstić information content (AvgIpc) is 2.79. The Bertz CT molecular complexity index is 975. The molecule has 4 atom stereocenters. The van der Waals surface area contributed by atoms with E-state index in [9.17, 15) is 26.3 Å².